The van der Waals surface area contributed by atoms with Crippen molar-refractivity contribution in [2.45, 2.75) is 72.8 Å². The van der Waals surface area contributed by atoms with Crippen molar-refractivity contribution in [3.05, 3.63) is 0 Å². The average molecular weight is 617 g/mol. The Morgan fingerprint density at radius 2 is 0.659 bits per heavy atom. The van der Waals surface area contributed by atoms with Gasteiger partial charge < -0.3 is 61.3 Å². The van der Waals surface area contributed by atoms with Gasteiger partial charge in [-0.1, -0.05) is 0 Å². The van der Waals surface area contributed by atoms with Gasteiger partial charge in [0.25, 0.3) is 41.8 Å². The van der Waals surface area contributed by atoms with Crippen LogP contribution in [0.1, 0.15) is 48.5 Å². The van der Waals surface area contributed by atoms with Gasteiger partial charge in [-0.2, -0.15) is 0 Å². The number of aliphatic hydroxyl groups excluding tert-OH is 5. The van der Waals surface area contributed by atoms with Crippen LogP contribution in [0.25, 0.3) is 0 Å². The van der Waals surface area contributed by atoms with E-state index >= 15 is 0 Å². The molecule has 0 spiro atoms. The molecule has 0 aliphatic heterocycles. The molecule has 21 nitrogen and oxygen atoms in total. The Morgan fingerprint density at radius 3 is 0.756 bits per heavy atom. The Kier molecular flexibility index (Phi) is 59.9. The molecule has 0 rings (SSSR count). The van der Waals surface area contributed by atoms with E-state index in [4.69, 9.17) is 95.6 Å². The van der Waals surface area contributed by atoms with E-state index in [9.17, 15) is 5.11 Å². The number of carboxylic acid groups (broad SMARTS) is 7. The number of hydrazine groups is 1. The summed E-state index contributed by atoms with van der Waals surface area (Å²) in [5.74, 6) is -0.895. The Labute approximate surface area is 234 Å². The zero-order valence-corrected chi connectivity index (χ0v) is 23.5. The van der Waals surface area contributed by atoms with Crippen LogP contribution >= 0.6 is 0 Å². The molecule has 0 radical (unpaired) electrons. The second-order valence-electron chi connectivity index (χ2n) is 6.32. The molecule has 0 amide bonds. The number of aliphatic hydroxyl groups is 5. The Bertz CT molecular complexity index is 538. The molecule has 248 valence electrons. The van der Waals surface area contributed by atoms with Crippen LogP contribution in [0.5, 0.6) is 0 Å². The second-order valence-corrected chi connectivity index (χ2v) is 6.32. The van der Waals surface area contributed by atoms with Gasteiger partial charge in [-0.25, -0.2) is 0 Å². The second kappa shape index (κ2) is 43.1. The number of hydrogen-bond donors (Lipinski definition) is 14. The first-order valence-corrected chi connectivity index (χ1v) is 10.3. The van der Waals surface area contributed by atoms with Crippen molar-refractivity contribution in [2.75, 3.05) is 13.2 Å². The topological polar surface area (TPSA) is 400 Å². The summed E-state index contributed by atoms with van der Waals surface area (Å²) in [6.45, 7) is 6.41. The highest BCUT2D eigenvalue weighted by Crippen LogP contribution is 2.03. The van der Waals surface area contributed by atoms with Crippen molar-refractivity contribution in [1.82, 2.24) is 5.43 Å². The maximum absolute atomic E-state index is 9.26. The van der Waals surface area contributed by atoms with Crippen LogP contribution in [-0.2, 0) is 33.6 Å². The average Bonchev–Trinajstić information content (AvgIpc) is 2.70. The first-order chi connectivity index (χ1) is 18.2. The number of nitrogens with one attached hydrogen (secondary N) is 1. The van der Waals surface area contributed by atoms with Crippen LogP contribution in [0.2, 0.25) is 0 Å². The van der Waals surface area contributed by atoms with E-state index in [0.717, 1.165) is 48.5 Å². The van der Waals surface area contributed by atoms with E-state index in [2.05, 4.69) is 5.43 Å². The summed E-state index contributed by atoms with van der Waals surface area (Å²) in [5, 5.41) is 96.3. The zero-order chi connectivity index (χ0) is 35.5. The van der Waals surface area contributed by atoms with Crippen molar-refractivity contribution in [2.24, 2.45) is 5.84 Å². The number of hydrogen-bond acceptors (Lipinski definition) is 14. The molecule has 0 aliphatic rings. The van der Waals surface area contributed by atoms with Gasteiger partial charge in [-0.05, 0) is 0 Å². The van der Waals surface area contributed by atoms with Crippen LogP contribution in [0.15, 0.2) is 0 Å². The molecule has 0 aliphatic carbocycles. The van der Waals surface area contributed by atoms with Crippen molar-refractivity contribution in [1.29, 1.82) is 0 Å². The zero-order valence-electron chi connectivity index (χ0n) is 23.5. The number of rotatable bonds is 6. The SMILES string of the molecule is CC(=O)O.CC(=O)O.CC(=O)O.CC(=O)O.CC(=O)O.CC(=O)O.CC(=O)O.NN[C@@H](CO)[C@H](O)[C@@H](O)[C@H](O)CO. The molecule has 21 heteroatoms. The highest BCUT2D eigenvalue weighted by molar-refractivity contribution is 5.64. The van der Waals surface area contributed by atoms with E-state index in [0.29, 0.717) is 0 Å². The number of carbonyl (C=O) groups is 7. The summed E-state index contributed by atoms with van der Waals surface area (Å²) in [7, 11) is 0. The van der Waals surface area contributed by atoms with Gasteiger partial charge in [-0.3, -0.25) is 44.8 Å². The van der Waals surface area contributed by atoms with Crippen molar-refractivity contribution in [3.8, 4) is 0 Å². The first-order valence-electron chi connectivity index (χ1n) is 10.3. The number of carboxylic acids is 7. The summed E-state index contributed by atoms with van der Waals surface area (Å²) in [6.07, 6.45) is -4.47. The van der Waals surface area contributed by atoms with Crippen LogP contribution < -0.4 is 11.3 Å². The van der Waals surface area contributed by atoms with Gasteiger partial charge in [0.15, 0.2) is 0 Å². The summed E-state index contributed by atoms with van der Waals surface area (Å²) in [4.78, 5) is 63.0. The predicted molar refractivity (Wildman–Crippen MR) is 136 cm³/mol. The van der Waals surface area contributed by atoms with Gasteiger partial charge in [0.1, 0.15) is 18.3 Å². The highest BCUT2D eigenvalue weighted by atomic mass is 16.4. The molecule has 4 atom stereocenters. The maximum atomic E-state index is 9.26. The Hall–Kier alpha value is -3.99. The van der Waals surface area contributed by atoms with Gasteiger partial charge in [0, 0.05) is 48.5 Å². The smallest absolute Gasteiger partial charge is 0.300 e. The van der Waals surface area contributed by atoms with Crippen LogP contribution in [-0.4, -0.2) is 141 Å². The van der Waals surface area contributed by atoms with Gasteiger partial charge in [0.05, 0.1) is 19.3 Å². The predicted octanol–water partition coefficient (Wildman–Crippen LogP) is -3.48. The standard InChI is InChI=1S/C6H16N2O5.7C2H4O2/c7-8-3(1-9)5(12)6(13)4(11)2-10;7*1-2(3)4/h3-6,8-13H,1-2,7H2;7*1H3,(H,3,4)/t3-,4+,5-,6-;;;;;;;/m0......./s1. The minimum Gasteiger partial charge on any atom is -0.481 e. The van der Waals surface area contributed by atoms with E-state index < -0.39 is 79.4 Å². The summed E-state index contributed by atoms with van der Waals surface area (Å²) in [6, 6.07) is -0.948. The largest absolute Gasteiger partial charge is 0.481 e. The Balaban J connectivity index is -0.0000000548. The molecule has 0 saturated carbocycles. The number of aliphatic carboxylic acids is 7. The van der Waals surface area contributed by atoms with Crippen molar-refractivity contribution >= 4 is 41.8 Å². The summed E-state index contributed by atoms with van der Waals surface area (Å²) in [5.41, 5.74) is 2.06. The lowest BCUT2D eigenvalue weighted by Crippen LogP contribution is -2.54. The third-order valence-electron chi connectivity index (χ3n) is 1.75. The fraction of sp³-hybridized carbons (Fsp3) is 0.650. The van der Waals surface area contributed by atoms with Gasteiger partial charge in [0.2, 0.25) is 0 Å². The van der Waals surface area contributed by atoms with E-state index in [1.807, 2.05) is 0 Å². The molecular weight excluding hydrogens is 572 g/mol. The maximum Gasteiger partial charge on any atom is 0.300 e. The molecule has 0 heterocycles. The molecule has 0 saturated heterocycles. The molecule has 0 bridgehead atoms. The van der Waals surface area contributed by atoms with Gasteiger partial charge in [-0.15, -0.1) is 0 Å². The normalized spacial score (nSPS) is 10.9. The third kappa shape index (κ3) is 212. The lowest BCUT2D eigenvalue weighted by molar-refractivity contribution is -0.135. The molecular formula is C20H44N2O19. The number of nitrogens with two attached hydrogens (primary N) is 1. The minimum absolute atomic E-state index is 0.493. The fourth-order valence-electron chi connectivity index (χ4n) is 0.833. The molecule has 15 N–H and O–H groups in total. The molecule has 41 heavy (non-hydrogen) atoms. The van der Waals surface area contributed by atoms with Crippen molar-refractivity contribution in [3.63, 3.8) is 0 Å². The van der Waals surface area contributed by atoms with Gasteiger partial charge >= 0.3 is 0 Å². The van der Waals surface area contributed by atoms with E-state index in [1.165, 1.54) is 0 Å². The summed E-state index contributed by atoms with van der Waals surface area (Å²) >= 11 is 0. The van der Waals surface area contributed by atoms with Crippen LogP contribution in [0.4, 0.5) is 0 Å². The van der Waals surface area contributed by atoms with E-state index in [1.54, 1.807) is 0 Å². The highest BCUT2D eigenvalue weighted by Gasteiger charge is 2.29. The lowest BCUT2D eigenvalue weighted by Gasteiger charge is -2.26. The lowest BCUT2D eigenvalue weighted by atomic mass is 10.0. The summed E-state index contributed by atoms with van der Waals surface area (Å²) < 4.78 is 0. The minimum atomic E-state index is -1.56. The molecule has 0 aromatic carbocycles. The monoisotopic (exact) mass is 616 g/mol. The Morgan fingerprint density at radius 1 is 0.488 bits per heavy atom. The van der Waals surface area contributed by atoms with Crippen molar-refractivity contribution < 1.29 is 94.8 Å². The fourth-order valence-corrected chi connectivity index (χ4v) is 0.833. The quantitative estimate of drug-likeness (QED) is 0.102. The third-order valence-corrected chi connectivity index (χ3v) is 1.75. The molecule has 0 aromatic rings. The van der Waals surface area contributed by atoms with Crippen LogP contribution in [0.3, 0.4) is 0 Å². The molecule has 0 unspecified atom stereocenters. The molecule has 0 aromatic heterocycles. The van der Waals surface area contributed by atoms with Crippen LogP contribution in [0, 0.1) is 0 Å². The molecule has 0 fully saturated rings. The van der Waals surface area contributed by atoms with E-state index in [-0.39, 0.29) is 0 Å². The first kappa shape index (κ1) is 57.0.